The van der Waals surface area contributed by atoms with E-state index in [1.165, 1.54) is 0 Å². The molecule has 9 heteroatoms. The van der Waals surface area contributed by atoms with Crippen molar-refractivity contribution < 1.29 is 33.4 Å². The molecule has 2 aromatic carbocycles. The highest BCUT2D eigenvalue weighted by atomic mass is 16.6. The van der Waals surface area contributed by atoms with Gasteiger partial charge in [0.15, 0.2) is 0 Å². The van der Waals surface area contributed by atoms with E-state index in [2.05, 4.69) is 10.6 Å². The summed E-state index contributed by atoms with van der Waals surface area (Å²) in [7, 11) is 0. The van der Waals surface area contributed by atoms with Gasteiger partial charge in [-0.2, -0.15) is 0 Å². The van der Waals surface area contributed by atoms with Gasteiger partial charge in [0.25, 0.3) is 0 Å². The van der Waals surface area contributed by atoms with Gasteiger partial charge in [-0.15, -0.1) is 0 Å². The maximum atomic E-state index is 12.7. The molecule has 0 aliphatic carbocycles. The normalized spacial score (nSPS) is 11.6. The average Bonchev–Trinajstić information content (AvgIpc) is 2.86. The SMILES string of the molecule is CC(C)(C)OC(=O)N[C@@H](CCC(=O)NCCCC(=O)OCc1ccccc1)C(=O)OCc1ccccc1. The lowest BCUT2D eigenvalue weighted by molar-refractivity contribution is -0.148. The predicted molar refractivity (Wildman–Crippen MR) is 137 cm³/mol. The van der Waals surface area contributed by atoms with Crippen molar-refractivity contribution in [1.29, 1.82) is 0 Å². The minimum absolute atomic E-state index is 0.0256. The zero-order chi connectivity index (χ0) is 27.1. The molecule has 0 spiro atoms. The van der Waals surface area contributed by atoms with Crippen molar-refractivity contribution >= 4 is 23.9 Å². The molecule has 0 aromatic heterocycles. The van der Waals surface area contributed by atoms with Crippen LogP contribution in [0.15, 0.2) is 60.7 Å². The maximum Gasteiger partial charge on any atom is 0.408 e. The van der Waals surface area contributed by atoms with Crippen LogP contribution in [0.1, 0.15) is 57.6 Å². The molecule has 0 saturated carbocycles. The minimum Gasteiger partial charge on any atom is -0.461 e. The number of ether oxygens (including phenoxy) is 3. The molecule has 1 atom stereocenters. The maximum absolute atomic E-state index is 12.7. The lowest BCUT2D eigenvalue weighted by Gasteiger charge is -2.23. The molecule has 200 valence electrons. The Kier molecular flexibility index (Phi) is 12.1. The van der Waals surface area contributed by atoms with Crippen LogP contribution in [-0.2, 0) is 41.8 Å². The van der Waals surface area contributed by atoms with E-state index in [4.69, 9.17) is 14.2 Å². The topological polar surface area (TPSA) is 120 Å². The number of carbonyl (C=O) groups is 4. The van der Waals surface area contributed by atoms with Crippen LogP contribution in [-0.4, -0.2) is 42.1 Å². The lowest BCUT2D eigenvalue weighted by atomic mass is 10.1. The molecule has 0 unspecified atom stereocenters. The highest BCUT2D eigenvalue weighted by molar-refractivity contribution is 5.83. The van der Waals surface area contributed by atoms with Gasteiger partial charge in [-0.1, -0.05) is 60.7 Å². The van der Waals surface area contributed by atoms with E-state index in [-0.39, 0.29) is 50.9 Å². The van der Waals surface area contributed by atoms with E-state index < -0.39 is 23.7 Å². The summed E-state index contributed by atoms with van der Waals surface area (Å²) in [5.74, 6) is -1.32. The van der Waals surface area contributed by atoms with E-state index in [9.17, 15) is 19.2 Å². The largest absolute Gasteiger partial charge is 0.461 e. The molecule has 2 rings (SSSR count). The standard InChI is InChI=1S/C28H36N2O7/c1-28(2,3)37-27(34)30-23(26(33)36-20-22-13-8-5-9-14-22)16-17-24(31)29-18-10-15-25(32)35-19-21-11-6-4-7-12-21/h4-9,11-14,23H,10,15-20H2,1-3H3,(H,29,31)(H,30,34)/t23-/m0/s1. The third-order valence-corrected chi connectivity index (χ3v) is 4.98. The Bertz CT molecular complexity index is 1000. The number of rotatable bonds is 13. The van der Waals surface area contributed by atoms with E-state index in [0.29, 0.717) is 6.42 Å². The summed E-state index contributed by atoms with van der Waals surface area (Å²) >= 11 is 0. The monoisotopic (exact) mass is 512 g/mol. The van der Waals surface area contributed by atoms with Crippen LogP contribution in [0.5, 0.6) is 0 Å². The van der Waals surface area contributed by atoms with E-state index >= 15 is 0 Å². The Morgan fingerprint density at radius 2 is 1.38 bits per heavy atom. The number of hydrogen-bond acceptors (Lipinski definition) is 7. The second-order valence-electron chi connectivity index (χ2n) is 9.43. The summed E-state index contributed by atoms with van der Waals surface area (Å²) < 4.78 is 15.8. The minimum atomic E-state index is -1.06. The fraction of sp³-hybridized carbons (Fsp3) is 0.429. The van der Waals surface area contributed by atoms with Crippen molar-refractivity contribution in [3.05, 3.63) is 71.8 Å². The first kappa shape index (κ1) is 29.4. The van der Waals surface area contributed by atoms with E-state index in [0.717, 1.165) is 11.1 Å². The molecular formula is C28H36N2O7. The van der Waals surface area contributed by atoms with Gasteiger partial charge < -0.3 is 24.8 Å². The molecule has 37 heavy (non-hydrogen) atoms. The second-order valence-corrected chi connectivity index (χ2v) is 9.43. The molecule has 0 aliphatic rings. The Morgan fingerprint density at radius 1 is 0.811 bits per heavy atom. The molecule has 0 radical (unpaired) electrons. The van der Waals surface area contributed by atoms with Gasteiger partial charge in [0.1, 0.15) is 24.9 Å². The second kappa shape index (κ2) is 15.3. The van der Waals surface area contributed by atoms with Gasteiger partial charge in [-0.05, 0) is 44.7 Å². The van der Waals surface area contributed by atoms with Crippen LogP contribution in [0.3, 0.4) is 0 Å². The molecule has 0 heterocycles. The van der Waals surface area contributed by atoms with Crippen molar-refractivity contribution in [2.45, 2.75) is 71.3 Å². The van der Waals surface area contributed by atoms with Crippen LogP contribution in [0.2, 0.25) is 0 Å². The average molecular weight is 513 g/mol. The summed E-state index contributed by atoms with van der Waals surface area (Å²) in [6.07, 6.45) is -0.194. The molecule has 2 amide bonds. The van der Waals surface area contributed by atoms with Crippen molar-refractivity contribution in [3.63, 3.8) is 0 Å². The zero-order valence-electron chi connectivity index (χ0n) is 21.7. The molecule has 2 N–H and O–H groups in total. The number of esters is 2. The molecule has 2 aromatic rings. The number of benzene rings is 2. The number of hydrogen-bond donors (Lipinski definition) is 2. The van der Waals surface area contributed by atoms with Gasteiger partial charge in [-0.3, -0.25) is 9.59 Å². The van der Waals surface area contributed by atoms with E-state index in [1.54, 1.807) is 20.8 Å². The third kappa shape index (κ3) is 13.1. The Morgan fingerprint density at radius 3 is 1.95 bits per heavy atom. The van der Waals surface area contributed by atoms with Crippen molar-refractivity contribution in [2.24, 2.45) is 0 Å². The van der Waals surface area contributed by atoms with Gasteiger partial charge >= 0.3 is 18.0 Å². The molecule has 0 bridgehead atoms. The highest BCUT2D eigenvalue weighted by Gasteiger charge is 2.26. The molecular weight excluding hydrogens is 476 g/mol. The third-order valence-electron chi connectivity index (χ3n) is 4.98. The van der Waals surface area contributed by atoms with Gasteiger partial charge in [0.05, 0.1) is 0 Å². The Balaban J connectivity index is 1.75. The number of carbonyl (C=O) groups excluding carboxylic acids is 4. The van der Waals surface area contributed by atoms with Gasteiger partial charge in [0, 0.05) is 19.4 Å². The quantitative estimate of drug-likeness (QED) is 0.236. The summed E-state index contributed by atoms with van der Waals surface area (Å²) in [6.45, 7) is 5.65. The van der Waals surface area contributed by atoms with E-state index in [1.807, 2.05) is 60.7 Å². The van der Waals surface area contributed by atoms with Crippen molar-refractivity contribution in [1.82, 2.24) is 10.6 Å². The smallest absolute Gasteiger partial charge is 0.408 e. The Labute approximate surface area is 217 Å². The van der Waals surface area contributed by atoms with Crippen LogP contribution in [0.4, 0.5) is 4.79 Å². The first-order valence-electron chi connectivity index (χ1n) is 12.3. The first-order valence-corrected chi connectivity index (χ1v) is 12.3. The van der Waals surface area contributed by atoms with Crippen LogP contribution < -0.4 is 10.6 Å². The van der Waals surface area contributed by atoms with Crippen LogP contribution >= 0.6 is 0 Å². The first-order chi connectivity index (χ1) is 17.6. The number of nitrogens with one attached hydrogen (secondary N) is 2. The summed E-state index contributed by atoms with van der Waals surface area (Å²) in [5.41, 5.74) is 0.954. The predicted octanol–water partition coefficient (Wildman–Crippen LogP) is 4.04. The fourth-order valence-corrected chi connectivity index (χ4v) is 3.16. The molecule has 0 saturated heterocycles. The summed E-state index contributed by atoms with van der Waals surface area (Å²) in [4.78, 5) is 49.1. The number of amides is 2. The molecule has 0 fully saturated rings. The molecule has 0 aliphatic heterocycles. The van der Waals surface area contributed by atoms with Crippen molar-refractivity contribution in [3.8, 4) is 0 Å². The highest BCUT2D eigenvalue weighted by Crippen LogP contribution is 2.10. The lowest BCUT2D eigenvalue weighted by Crippen LogP contribution is -2.44. The summed E-state index contributed by atoms with van der Waals surface area (Å²) in [5, 5.41) is 5.21. The van der Waals surface area contributed by atoms with Crippen molar-refractivity contribution in [2.75, 3.05) is 6.54 Å². The fourth-order valence-electron chi connectivity index (χ4n) is 3.16. The zero-order valence-corrected chi connectivity index (χ0v) is 21.7. The summed E-state index contributed by atoms with van der Waals surface area (Å²) in [6, 6.07) is 17.4. The molecule has 9 nitrogen and oxygen atoms in total. The number of alkyl carbamates (subject to hydrolysis) is 1. The Hall–Kier alpha value is -3.88. The van der Waals surface area contributed by atoms with Gasteiger partial charge in [-0.25, -0.2) is 9.59 Å². The van der Waals surface area contributed by atoms with Crippen LogP contribution in [0.25, 0.3) is 0 Å². The van der Waals surface area contributed by atoms with Crippen LogP contribution in [0, 0.1) is 0 Å². The van der Waals surface area contributed by atoms with Gasteiger partial charge in [0.2, 0.25) is 5.91 Å².